The van der Waals surface area contributed by atoms with Gasteiger partial charge in [0.2, 0.25) is 0 Å². The molecule has 3 atom stereocenters. The van der Waals surface area contributed by atoms with E-state index in [9.17, 15) is 0 Å². The Morgan fingerprint density at radius 2 is 2.00 bits per heavy atom. The Balaban J connectivity index is 2.13. The van der Waals surface area contributed by atoms with Crippen LogP contribution < -0.4 is 5.73 Å². The predicted octanol–water partition coefficient (Wildman–Crippen LogP) is 3.47. The first-order valence-electron chi connectivity index (χ1n) is 7.38. The molecule has 1 aromatic heterocycles. The summed E-state index contributed by atoms with van der Waals surface area (Å²) in [5.74, 6) is 1.48. The van der Waals surface area contributed by atoms with Crippen LogP contribution in [0, 0.1) is 17.3 Å². The summed E-state index contributed by atoms with van der Waals surface area (Å²) in [6.45, 7) is 4.64. The highest BCUT2D eigenvalue weighted by molar-refractivity contribution is 5.31. The summed E-state index contributed by atoms with van der Waals surface area (Å²) in [5, 5.41) is 0. The summed E-state index contributed by atoms with van der Waals surface area (Å²) in [5.41, 5.74) is 8.44. The van der Waals surface area contributed by atoms with Gasteiger partial charge in [0.1, 0.15) is 0 Å². The van der Waals surface area contributed by atoms with Crippen LogP contribution in [0.4, 0.5) is 0 Å². The first-order chi connectivity index (χ1) is 8.69. The summed E-state index contributed by atoms with van der Waals surface area (Å²) in [7, 11) is 0. The minimum atomic E-state index is -0.145. The molecule has 1 aromatic rings. The molecule has 1 heterocycles. The Bertz CT molecular complexity index is 424. The third-order valence-electron chi connectivity index (χ3n) is 6.08. The smallest absolute Gasteiger partial charge is 0.0513 e. The third kappa shape index (κ3) is 1.25. The first-order valence-corrected chi connectivity index (χ1v) is 7.38. The highest BCUT2D eigenvalue weighted by atomic mass is 14.9. The molecule has 0 aliphatic heterocycles. The van der Waals surface area contributed by atoms with Gasteiger partial charge in [-0.05, 0) is 61.0 Å². The molecule has 2 aliphatic rings. The van der Waals surface area contributed by atoms with Gasteiger partial charge in [-0.2, -0.15) is 0 Å². The molecular formula is C16H24N2. The van der Waals surface area contributed by atoms with Crippen molar-refractivity contribution in [2.24, 2.45) is 23.0 Å². The lowest BCUT2D eigenvalue weighted by atomic mass is 9.56. The minimum Gasteiger partial charge on any atom is -0.321 e. The number of rotatable bonds is 3. The summed E-state index contributed by atoms with van der Waals surface area (Å²) in [4.78, 5) is 4.31. The molecule has 0 radical (unpaired) electrons. The van der Waals surface area contributed by atoms with Crippen LogP contribution in [-0.2, 0) is 5.54 Å². The number of nitrogens with two attached hydrogens (primary N) is 1. The second-order valence-electron chi connectivity index (χ2n) is 6.18. The number of hydrogen-bond acceptors (Lipinski definition) is 2. The standard InChI is InChI=1S/C16H24N2/c1-3-15(4-2)12-7-8-13(10-12)16(15,17)14-6-5-9-18-11-14/h5-6,9,11-13H,3-4,7-8,10,17H2,1-2H3/t12?,13?,16-/m0/s1. The summed E-state index contributed by atoms with van der Waals surface area (Å²) >= 11 is 0. The van der Waals surface area contributed by atoms with Gasteiger partial charge in [-0.3, -0.25) is 4.98 Å². The van der Waals surface area contributed by atoms with Crippen LogP contribution >= 0.6 is 0 Å². The summed E-state index contributed by atoms with van der Waals surface area (Å²) in [6, 6.07) is 4.22. The van der Waals surface area contributed by atoms with Crippen molar-refractivity contribution >= 4 is 0 Å². The van der Waals surface area contributed by atoms with Crippen molar-refractivity contribution < 1.29 is 0 Å². The molecule has 18 heavy (non-hydrogen) atoms. The molecule has 2 heteroatoms. The van der Waals surface area contributed by atoms with Crippen molar-refractivity contribution in [2.75, 3.05) is 0 Å². The van der Waals surface area contributed by atoms with Gasteiger partial charge in [-0.25, -0.2) is 0 Å². The number of pyridine rings is 1. The van der Waals surface area contributed by atoms with Gasteiger partial charge in [-0.1, -0.05) is 19.9 Å². The average molecular weight is 244 g/mol. The number of fused-ring (bicyclic) bond motifs is 2. The molecule has 3 rings (SSSR count). The van der Waals surface area contributed by atoms with Gasteiger partial charge >= 0.3 is 0 Å². The van der Waals surface area contributed by atoms with Crippen LogP contribution in [0.15, 0.2) is 24.5 Å². The second kappa shape index (κ2) is 4.06. The Labute approximate surface area is 110 Å². The topological polar surface area (TPSA) is 38.9 Å². The van der Waals surface area contributed by atoms with Crippen LogP contribution in [-0.4, -0.2) is 4.98 Å². The molecule has 2 aliphatic carbocycles. The van der Waals surface area contributed by atoms with Crippen molar-refractivity contribution in [1.82, 2.24) is 4.98 Å². The lowest BCUT2D eigenvalue weighted by molar-refractivity contribution is 0.0352. The molecule has 0 aromatic carbocycles. The normalized spacial score (nSPS) is 37.1. The Morgan fingerprint density at radius 1 is 1.28 bits per heavy atom. The molecule has 0 saturated heterocycles. The fourth-order valence-electron chi connectivity index (χ4n) is 5.18. The summed E-state index contributed by atoms with van der Waals surface area (Å²) < 4.78 is 0. The maximum atomic E-state index is 7.03. The monoisotopic (exact) mass is 244 g/mol. The highest BCUT2D eigenvalue weighted by Crippen LogP contribution is 2.67. The average Bonchev–Trinajstić information content (AvgIpc) is 2.99. The SMILES string of the molecule is CCC1(CC)C2CCC(C2)[C@]1(N)c1cccnc1. The number of hydrogen-bond donors (Lipinski definition) is 1. The Morgan fingerprint density at radius 3 is 2.61 bits per heavy atom. The van der Waals surface area contributed by atoms with Gasteiger partial charge in [-0.15, -0.1) is 0 Å². The zero-order valence-corrected chi connectivity index (χ0v) is 11.5. The van der Waals surface area contributed by atoms with E-state index < -0.39 is 0 Å². The number of nitrogens with zero attached hydrogens (tertiary/aromatic N) is 1. The summed E-state index contributed by atoms with van der Waals surface area (Å²) in [6.07, 6.45) is 10.2. The van der Waals surface area contributed by atoms with E-state index in [4.69, 9.17) is 5.73 Å². The lowest BCUT2D eigenvalue weighted by Gasteiger charge is -2.51. The molecule has 0 spiro atoms. The Hall–Kier alpha value is -0.890. The largest absolute Gasteiger partial charge is 0.321 e. The fraction of sp³-hybridized carbons (Fsp3) is 0.688. The maximum Gasteiger partial charge on any atom is 0.0513 e. The molecule has 2 saturated carbocycles. The first kappa shape index (κ1) is 12.2. The molecule has 98 valence electrons. The van der Waals surface area contributed by atoms with E-state index in [1.54, 1.807) is 0 Å². The van der Waals surface area contributed by atoms with Gasteiger partial charge in [0.25, 0.3) is 0 Å². The van der Waals surface area contributed by atoms with Crippen molar-refractivity contribution in [2.45, 2.75) is 51.5 Å². The van der Waals surface area contributed by atoms with Crippen molar-refractivity contribution in [1.29, 1.82) is 0 Å². The van der Waals surface area contributed by atoms with Gasteiger partial charge in [0, 0.05) is 12.4 Å². The van der Waals surface area contributed by atoms with E-state index in [1.807, 2.05) is 18.5 Å². The van der Waals surface area contributed by atoms with E-state index in [2.05, 4.69) is 24.9 Å². The van der Waals surface area contributed by atoms with Gasteiger partial charge < -0.3 is 5.73 Å². The van der Waals surface area contributed by atoms with Crippen LogP contribution in [0.3, 0.4) is 0 Å². The zero-order valence-electron chi connectivity index (χ0n) is 11.5. The van der Waals surface area contributed by atoms with Crippen molar-refractivity contribution in [3.05, 3.63) is 30.1 Å². The van der Waals surface area contributed by atoms with E-state index >= 15 is 0 Å². The molecule has 0 amide bonds. The fourth-order valence-corrected chi connectivity index (χ4v) is 5.18. The molecule has 2 bridgehead atoms. The lowest BCUT2D eigenvalue weighted by Crippen LogP contribution is -2.56. The number of aromatic nitrogens is 1. The highest BCUT2D eigenvalue weighted by Gasteiger charge is 2.64. The van der Waals surface area contributed by atoms with Crippen molar-refractivity contribution in [3.8, 4) is 0 Å². The third-order valence-corrected chi connectivity index (χ3v) is 6.08. The molecular weight excluding hydrogens is 220 g/mol. The van der Waals surface area contributed by atoms with Crippen molar-refractivity contribution in [3.63, 3.8) is 0 Å². The van der Waals surface area contributed by atoms with E-state index in [-0.39, 0.29) is 5.54 Å². The molecule has 2 nitrogen and oxygen atoms in total. The molecule has 2 fully saturated rings. The van der Waals surface area contributed by atoms with E-state index in [0.717, 1.165) is 5.92 Å². The molecule has 2 N–H and O–H groups in total. The zero-order chi connectivity index (χ0) is 12.8. The van der Waals surface area contributed by atoms with Crippen LogP contribution in [0.5, 0.6) is 0 Å². The second-order valence-corrected chi connectivity index (χ2v) is 6.18. The van der Waals surface area contributed by atoms with Crippen LogP contribution in [0.25, 0.3) is 0 Å². The van der Waals surface area contributed by atoms with Gasteiger partial charge in [0.05, 0.1) is 5.54 Å². The minimum absolute atomic E-state index is 0.145. The quantitative estimate of drug-likeness (QED) is 0.884. The van der Waals surface area contributed by atoms with E-state index in [1.165, 1.54) is 37.7 Å². The molecule has 2 unspecified atom stereocenters. The van der Waals surface area contributed by atoms with Crippen LogP contribution in [0.2, 0.25) is 0 Å². The van der Waals surface area contributed by atoms with Crippen LogP contribution in [0.1, 0.15) is 51.5 Å². The van der Waals surface area contributed by atoms with Gasteiger partial charge in [0.15, 0.2) is 0 Å². The predicted molar refractivity (Wildman–Crippen MR) is 73.9 cm³/mol. The van der Waals surface area contributed by atoms with E-state index in [0.29, 0.717) is 11.3 Å². The maximum absolute atomic E-state index is 7.03. The Kier molecular flexibility index (Phi) is 2.74.